The van der Waals surface area contributed by atoms with Crippen molar-refractivity contribution in [1.82, 2.24) is 20.1 Å². The van der Waals surface area contributed by atoms with Gasteiger partial charge in [0.2, 0.25) is 5.13 Å². The highest BCUT2D eigenvalue weighted by Crippen LogP contribution is 2.10. The van der Waals surface area contributed by atoms with Crippen molar-refractivity contribution in [1.29, 1.82) is 0 Å². The lowest BCUT2D eigenvalue weighted by Gasteiger charge is -2.08. The summed E-state index contributed by atoms with van der Waals surface area (Å²) in [4.78, 5) is 0. The van der Waals surface area contributed by atoms with Gasteiger partial charge in [0.15, 0.2) is 0 Å². The van der Waals surface area contributed by atoms with Crippen LogP contribution >= 0.6 is 11.5 Å². The topological polar surface area (TPSA) is 62.7 Å². The number of anilines is 1. The fourth-order valence-corrected chi connectivity index (χ4v) is 1.95. The molecule has 13 heavy (non-hydrogen) atoms. The lowest BCUT2D eigenvalue weighted by atomic mass is 10.2. The first-order valence-electron chi connectivity index (χ1n) is 4.57. The minimum atomic E-state index is 0.688. The molecule has 0 aliphatic carbocycles. The van der Waals surface area contributed by atoms with E-state index < -0.39 is 0 Å². The molecule has 0 radical (unpaired) electrons. The number of hydrogen-bond donors (Lipinski definition) is 2. The quantitative estimate of drug-likeness (QED) is 0.739. The van der Waals surface area contributed by atoms with Gasteiger partial charge in [-0.3, -0.25) is 0 Å². The SMILES string of the molecule is C1CNC(CCNc2nnns2)C1. The summed E-state index contributed by atoms with van der Waals surface area (Å²) in [6.45, 7) is 2.12. The Morgan fingerprint density at radius 3 is 3.31 bits per heavy atom. The van der Waals surface area contributed by atoms with Gasteiger partial charge in [-0.2, -0.15) is 0 Å². The van der Waals surface area contributed by atoms with Crippen molar-refractivity contribution in [2.45, 2.75) is 25.3 Å². The highest BCUT2D eigenvalue weighted by Gasteiger charge is 2.12. The molecular weight excluding hydrogens is 186 g/mol. The maximum Gasteiger partial charge on any atom is 0.225 e. The highest BCUT2D eigenvalue weighted by atomic mass is 32.1. The van der Waals surface area contributed by atoms with E-state index in [1.807, 2.05) is 0 Å². The smallest absolute Gasteiger partial charge is 0.225 e. The molecule has 1 aromatic rings. The number of aromatic nitrogens is 3. The predicted octanol–water partition coefficient (Wildman–Crippen LogP) is 0.487. The van der Waals surface area contributed by atoms with Crippen LogP contribution in [-0.2, 0) is 0 Å². The van der Waals surface area contributed by atoms with Crippen molar-refractivity contribution in [2.24, 2.45) is 0 Å². The summed E-state index contributed by atoms with van der Waals surface area (Å²) in [6, 6.07) is 0.688. The Morgan fingerprint density at radius 1 is 1.62 bits per heavy atom. The molecule has 1 saturated heterocycles. The van der Waals surface area contributed by atoms with Crippen molar-refractivity contribution in [3.8, 4) is 0 Å². The summed E-state index contributed by atoms with van der Waals surface area (Å²) in [7, 11) is 0. The monoisotopic (exact) mass is 199 g/mol. The van der Waals surface area contributed by atoms with Crippen LogP contribution in [-0.4, -0.2) is 33.9 Å². The second-order valence-electron chi connectivity index (χ2n) is 3.18. The maximum absolute atomic E-state index is 3.81. The van der Waals surface area contributed by atoms with Gasteiger partial charge in [0.05, 0.1) is 0 Å². The predicted molar refractivity (Wildman–Crippen MR) is 51.8 cm³/mol. The van der Waals surface area contributed by atoms with E-state index >= 15 is 0 Å². The average molecular weight is 199 g/mol. The molecular formula is C7H13N5S. The van der Waals surface area contributed by atoms with E-state index in [9.17, 15) is 0 Å². The van der Waals surface area contributed by atoms with E-state index in [-0.39, 0.29) is 0 Å². The van der Waals surface area contributed by atoms with Gasteiger partial charge in [0.1, 0.15) is 0 Å². The zero-order chi connectivity index (χ0) is 8.93. The van der Waals surface area contributed by atoms with Crippen LogP contribution in [0.5, 0.6) is 0 Å². The molecule has 0 spiro atoms. The molecule has 0 amide bonds. The van der Waals surface area contributed by atoms with Gasteiger partial charge in [-0.1, -0.05) is 9.59 Å². The van der Waals surface area contributed by atoms with Crippen LogP contribution in [0.25, 0.3) is 0 Å². The summed E-state index contributed by atoms with van der Waals surface area (Å²) in [6.07, 6.45) is 3.76. The molecule has 1 unspecified atom stereocenters. The Balaban J connectivity index is 1.63. The molecule has 1 aliphatic heterocycles. The Labute approximate surface area is 81.1 Å². The molecule has 0 bridgehead atoms. The van der Waals surface area contributed by atoms with Crippen LogP contribution in [0.2, 0.25) is 0 Å². The van der Waals surface area contributed by atoms with E-state index in [0.29, 0.717) is 6.04 Å². The van der Waals surface area contributed by atoms with Crippen molar-refractivity contribution in [3.63, 3.8) is 0 Å². The number of rotatable bonds is 4. The van der Waals surface area contributed by atoms with E-state index in [1.165, 1.54) is 30.9 Å². The van der Waals surface area contributed by atoms with Crippen LogP contribution < -0.4 is 10.6 Å². The molecule has 1 aromatic heterocycles. The van der Waals surface area contributed by atoms with Crippen molar-refractivity contribution in [2.75, 3.05) is 18.4 Å². The third kappa shape index (κ3) is 2.60. The zero-order valence-corrected chi connectivity index (χ0v) is 8.18. The van der Waals surface area contributed by atoms with Gasteiger partial charge in [-0.15, -0.1) is 0 Å². The van der Waals surface area contributed by atoms with Crippen molar-refractivity contribution >= 4 is 16.7 Å². The second-order valence-corrected chi connectivity index (χ2v) is 3.91. The normalized spacial score (nSPS) is 22.0. The van der Waals surface area contributed by atoms with Gasteiger partial charge in [0.25, 0.3) is 0 Å². The van der Waals surface area contributed by atoms with E-state index in [2.05, 4.69) is 25.4 Å². The Hall–Kier alpha value is -0.750. The number of hydrogen-bond acceptors (Lipinski definition) is 6. The fraction of sp³-hybridized carbons (Fsp3) is 0.857. The first-order valence-corrected chi connectivity index (χ1v) is 5.35. The first kappa shape index (κ1) is 8.83. The molecule has 0 aromatic carbocycles. The Bertz CT molecular complexity index is 231. The summed E-state index contributed by atoms with van der Waals surface area (Å²) in [5.74, 6) is 0. The number of nitrogens with zero attached hydrogens (tertiary/aromatic N) is 3. The van der Waals surface area contributed by atoms with Crippen LogP contribution in [0.4, 0.5) is 5.13 Å². The molecule has 5 nitrogen and oxygen atoms in total. The first-order chi connectivity index (χ1) is 6.45. The third-order valence-electron chi connectivity index (χ3n) is 2.23. The molecule has 2 N–H and O–H groups in total. The maximum atomic E-state index is 3.81. The Kier molecular flexibility index (Phi) is 3.04. The lowest BCUT2D eigenvalue weighted by Crippen LogP contribution is -2.24. The molecule has 2 heterocycles. The largest absolute Gasteiger partial charge is 0.359 e. The molecule has 1 fully saturated rings. The summed E-state index contributed by atoms with van der Waals surface area (Å²) < 4.78 is 3.68. The summed E-state index contributed by atoms with van der Waals surface area (Å²) >= 11 is 1.30. The molecule has 2 rings (SSSR count). The lowest BCUT2D eigenvalue weighted by molar-refractivity contribution is 0.574. The van der Waals surface area contributed by atoms with Gasteiger partial charge >= 0.3 is 0 Å². The Morgan fingerprint density at radius 2 is 2.62 bits per heavy atom. The average Bonchev–Trinajstić information content (AvgIpc) is 2.75. The highest BCUT2D eigenvalue weighted by molar-refractivity contribution is 7.09. The van der Waals surface area contributed by atoms with E-state index in [4.69, 9.17) is 0 Å². The molecule has 72 valence electrons. The van der Waals surface area contributed by atoms with Crippen LogP contribution in [0.15, 0.2) is 0 Å². The van der Waals surface area contributed by atoms with E-state index in [1.54, 1.807) is 0 Å². The van der Waals surface area contributed by atoms with Gasteiger partial charge in [-0.25, -0.2) is 0 Å². The van der Waals surface area contributed by atoms with Crippen LogP contribution in [0.3, 0.4) is 0 Å². The van der Waals surface area contributed by atoms with E-state index in [0.717, 1.165) is 18.1 Å². The van der Waals surface area contributed by atoms with Crippen molar-refractivity contribution < 1.29 is 0 Å². The van der Waals surface area contributed by atoms with Crippen LogP contribution in [0, 0.1) is 0 Å². The second kappa shape index (κ2) is 4.48. The molecule has 1 aliphatic rings. The van der Waals surface area contributed by atoms with Gasteiger partial charge in [0, 0.05) is 24.1 Å². The minimum Gasteiger partial charge on any atom is -0.359 e. The fourth-order valence-electron chi connectivity index (χ4n) is 1.56. The minimum absolute atomic E-state index is 0.688. The third-order valence-corrected chi connectivity index (χ3v) is 2.78. The van der Waals surface area contributed by atoms with Gasteiger partial charge in [-0.05, 0) is 31.0 Å². The molecule has 1 atom stereocenters. The summed E-state index contributed by atoms with van der Waals surface area (Å²) in [5, 5.41) is 14.8. The van der Waals surface area contributed by atoms with Crippen LogP contribution in [0.1, 0.15) is 19.3 Å². The molecule has 0 saturated carbocycles. The zero-order valence-electron chi connectivity index (χ0n) is 7.36. The molecule has 6 heteroatoms. The van der Waals surface area contributed by atoms with Crippen molar-refractivity contribution in [3.05, 3.63) is 0 Å². The number of nitrogens with one attached hydrogen (secondary N) is 2. The standard InChI is InChI=1S/C7H13N5S/c1-2-6(8-4-1)3-5-9-7-10-11-12-13-7/h6,8H,1-5H2,(H,9,10,12). The van der Waals surface area contributed by atoms with Gasteiger partial charge < -0.3 is 10.6 Å². The summed E-state index contributed by atoms with van der Waals surface area (Å²) in [5.41, 5.74) is 0.